The third kappa shape index (κ3) is 5.78. The number of H-pyrrole nitrogens is 1. The average molecular weight is 518 g/mol. The molecule has 3 aromatic rings. The Morgan fingerprint density at radius 1 is 1.24 bits per heavy atom. The summed E-state index contributed by atoms with van der Waals surface area (Å²) in [5, 5.41) is 13.6. The van der Waals surface area contributed by atoms with Crippen molar-refractivity contribution in [3.63, 3.8) is 0 Å². The number of ether oxygens (including phenoxy) is 1. The van der Waals surface area contributed by atoms with E-state index >= 15 is 4.39 Å². The van der Waals surface area contributed by atoms with Crippen molar-refractivity contribution in [2.75, 3.05) is 26.2 Å². The summed E-state index contributed by atoms with van der Waals surface area (Å²) in [4.78, 5) is 17.3. The van der Waals surface area contributed by atoms with E-state index in [-0.39, 0.29) is 32.2 Å². The average Bonchev–Trinajstić information content (AvgIpc) is 3.21. The van der Waals surface area contributed by atoms with Crippen LogP contribution in [-0.2, 0) is 11.2 Å². The Labute approximate surface area is 214 Å². The van der Waals surface area contributed by atoms with Crippen LogP contribution in [-0.4, -0.2) is 59.7 Å². The van der Waals surface area contributed by atoms with Crippen LogP contribution in [0.1, 0.15) is 48.7 Å². The minimum atomic E-state index is -2.35. The number of carboxylic acids is 1. The maximum atomic E-state index is 15.6. The minimum Gasteiger partial charge on any atom is -0.492 e. The molecule has 2 aromatic carbocycles. The van der Waals surface area contributed by atoms with Gasteiger partial charge in [-0.2, -0.15) is 0 Å². The van der Waals surface area contributed by atoms with Crippen LogP contribution in [0.3, 0.4) is 0 Å². The highest BCUT2D eigenvalue weighted by molar-refractivity contribution is 5.85. The first-order valence-electron chi connectivity index (χ1n) is 12.7. The number of para-hydroxylation sites is 1. The van der Waals surface area contributed by atoms with Gasteiger partial charge < -0.3 is 20.1 Å². The molecule has 0 saturated carbocycles. The summed E-state index contributed by atoms with van der Waals surface area (Å²) in [6, 6.07) is 10.4. The molecule has 1 aromatic heterocycles. The molecule has 0 spiro atoms. The van der Waals surface area contributed by atoms with Gasteiger partial charge in [0, 0.05) is 54.3 Å². The van der Waals surface area contributed by atoms with Crippen LogP contribution in [0, 0.1) is 18.7 Å². The maximum Gasteiger partial charge on any atom is 0.307 e. The van der Waals surface area contributed by atoms with Crippen molar-refractivity contribution in [3.8, 4) is 5.75 Å². The van der Waals surface area contributed by atoms with Gasteiger partial charge >= 0.3 is 5.97 Å². The fourth-order valence-electron chi connectivity index (χ4n) is 5.23. The molecule has 1 aliphatic heterocycles. The molecule has 200 valence electrons. The summed E-state index contributed by atoms with van der Waals surface area (Å²) < 4.78 is 46.2. The maximum absolute atomic E-state index is 15.6. The molecule has 0 bridgehead atoms. The van der Waals surface area contributed by atoms with Crippen LogP contribution in [0.25, 0.3) is 10.9 Å². The summed E-state index contributed by atoms with van der Waals surface area (Å²) in [7, 11) is 0. The first-order valence-corrected chi connectivity index (χ1v) is 12.7. The van der Waals surface area contributed by atoms with E-state index in [0.717, 1.165) is 22.2 Å². The SMILES string of the molecule is Cc1c(OCCNCCC(F)F)ccc(F)c1C1c2[nH]c3ccccc3c2CC(C)N1CC(C)C(=O)O. The number of aromatic amines is 1. The quantitative estimate of drug-likeness (QED) is 0.301. The zero-order valence-electron chi connectivity index (χ0n) is 21.4. The lowest BCUT2D eigenvalue weighted by molar-refractivity contribution is -0.142. The van der Waals surface area contributed by atoms with Crippen LogP contribution in [0.15, 0.2) is 36.4 Å². The van der Waals surface area contributed by atoms with E-state index in [1.165, 1.54) is 6.07 Å². The standard InChI is InChI=1S/C28H34F3N3O3/c1-16(28(35)36)15-34-17(2)14-20-19-6-4-5-7-22(19)33-26(20)27(34)25-18(3)23(9-8-21(25)29)37-13-12-32-11-10-24(30)31/h4-9,16-17,24,27,32-33H,10-15H2,1-3H3,(H,35,36). The number of benzene rings is 2. The smallest absolute Gasteiger partial charge is 0.307 e. The Hall–Kier alpha value is -3.04. The summed E-state index contributed by atoms with van der Waals surface area (Å²) in [5.74, 6) is -1.43. The second kappa shape index (κ2) is 11.6. The number of carbonyl (C=O) groups is 1. The minimum absolute atomic E-state index is 0.0269. The van der Waals surface area contributed by atoms with Crippen LogP contribution in [0.5, 0.6) is 5.75 Å². The first kappa shape index (κ1) is 27.0. The van der Waals surface area contributed by atoms with Gasteiger partial charge in [0.2, 0.25) is 6.43 Å². The largest absolute Gasteiger partial charge is 0.492 e. The van der Waals surface area contributed by atoms with Gasteiger partial charge in [-0.3, -0.25) is 9.69 Å². The second-order valence-corrected chi connectivity index (χ2v) is 9.82. The molecule has 0 aliphatic carbocycles. The lowest BCUT2D eigenvalue weighted by Gasteiger charge is -2.42. The summed E-state index contributed by atoms with van der Waals surface area (Å²) in [5.41, 5.74) is 4.01. The number of hydrogen-bond donors (Lipinski definition) is 3. The van der Waals surface area contributed by atoms with E-state index in [1.54, 1.807) is 19.9 Å². The highest BCUT2D eigenvalue weighted by Crippen LogP contribution is 2.44. The van der Waals surface area contributed by atoms with Gasteiger partial charge in [0.15, 0.2) is 0 Å². The lowest BCUT2D eigenvalue weighted by atomic mass is 9.86. The Kier molecular flexibility index (Phi) is 8.44. The number of nitrogens with zero attached hydrogens (tertiary/aromatic N) is 1. The molecule has 37 heavy (non-hydrogen) atoms. The monoisotopic (exact) mass is 517 g/mol. The normalized spacial score (nSPS) is 18.8. The molecule has 0 amide bonds. The van der Waals surface area contributed by atoms with Gasteiger partial charge in [-0.1, -0.05) is 25.1 Å². The summed E-state index contributed by atoms with van der Waals surface area (Å²) in [6.45, 7) is 6.59. The van der Waals surface area contributed by atoms with E-state index in [4.69, 9.17) is 4.74 Å². The van der Waals surface area contributed by atoms with Crippen LogP contribution >= 0.6 is 0 Å². The van der Waals surface area contributed by atoms with Gasteiger partial charge in [0.05, 0.1) is 12.0 Å². The van der Waals surface area contributed by atoms with Crippen molar-refractivity contribution in [2.24, 2.45) is 5.92 Å². The van der Waals surface area contributed by atoms with Crippen molar-refractivity contribution < 1.29 is 27.8 Å². The topological polar surface area (TPSA) is 77.6 Å². The molecule has 9 heteroatoms. The third-order valence-electron chi connectivity index (χ3n) is 7.18. The Morgan fingerprint density at radius 2 is 2.00 bits per heavy atom. The molecule has 0 radical (unpaired) electrons. The van der Waals surface area contributed by atoms with Crippen molar-refractivity contribution in [1.29, 1.82) is 0 Å². The number of nitrogens with one attached hydrogen (secondary N) is 2. The number of rotatable bonds is 11. The van der Waals surface area contributed by atoms with Gasteiger partial charge in [0.1, 0.15) is 18.2 Å². The van der Waals surface area contributed by atoms with Crippen molar-refractivity contribution >= 4 is 16.9 Å². The second-order valence-electron chi connectivity index (χ2n) is 9.82. The van der Waals surface area contributed by atoms with Gasteiger partial charge in [0.25, 0.3) is 0 Å². The first-order chi connectivity index (χ1) is 17.7. The Bertz CT molecular complexity index is 1250. The fraction of sp³-hybridized carbons (Fsp3) is 0.464. The Balaban J connectivity index is 1.71. The molecule has 0 saturated heterocycles. The number of carboxylic acid groups (broad SMARTS) is 1. The zero-order valence-corrected chi connectivity index (χ0v) is 21.4. The molecule has 0 fully saturated rings. The molecule has 1 aliphatic rings. The predicted molar refractivity (Wildman–Crippen MR) is 137 cm³/mol. The molecule has 3 unspecified atom stereocenters. The van der Waals surface area contributed by atoms with E-state index in [1.807, 2.05) is 31.2 Å². The highest BCUT2D eigenvalue weighted by Gasteiger charge is 2.39. The highest BCUT2D eigenvalue weighted by atomic mass is 19.3. The Morgan fingerprint density at radius 3 is 2.73 bits per heavy atom. The summed E-state index contributed by atoms with van der Waals surface area (Å²) in [6.07, 6.45) is -1.87. The van der Waals surface area contributed by atoms with E-state index in [0.29, 0.717) is 29.8 Å². The number of aromatic nitrogens is 1. The van der Waals surface area contributed by atoms with E-state index in [2.05, 4.69) is 15.2 Å². The van der Waals surface area contributed by atoms with Crippen molar-refractivity contribution in [3.05, 3.63) is 64.6 Å². The van der Waals surface area contributed by atoms with Crippen LogP contribution in [0.4, 0.5) is 13.2 Å². The molecule has 3 N–H and O–H groups in total. The molecule has 6 nitrogen and oxygen atoms in total. The van der Waals surface area contributed by atoms with Crippen LogP contribution in [0.2, 0.25) is 0 Å². The zero-order chi connectivity index (χ0) is 26.7. The van der Waals surface area contributed by atoms with Gasteiger partial charge in [-0.15, -0.1) is 0 Å². The van der Waals surface area contributed by atoms with E-state index < -0.39 is 30.2 Å². The molecule has 2 heterocycles. The molecule has 3 atom stereocenters. The third-order valence-corrected chi connectivity index (χ3v) is 7.18. The number of halogens is 3. The summed E-state index contributed by atoms with van der Waals surface area (Å²) >= 11 is 0. The van der Waals surface area contributed by atoms with Crippen molar-refractivity contribution in [2.45, 2.75) is 52.1 Å². The van der Waals surface area contributed by atoms with E-state index in [9.17, 15) is 18.7 Å². The molecule has 4 rings (SSSR count). The molecular weight excluding hydrogens is 483 g/mol. The number of aliphatic carboxylic acids is 1. The van der Waals surface area contributed by atoms with Crippen LogP contribution < -0.4 is 10.1 Å². The lowest BCUT2D eigenvalue weighted by Crippen LogP contribution is -2.46. The van der Waals surface area contributed by atoms with Gasteiger partial charge in [-0.25, -0.2) is 13.2 Å². The fourth-order valence-corrected chi connectivity index (χ4v) is 5.23. The number of alkyl halides is 2. The van der Waals surface area contributed by atoms with Crippen molar-refractivity contribution in [1.82, 2.24) is 15.2 Å². The van der Waals surface area contributed by atoms with Gasteiger partial charge in [-0.05, 0) is 49.6 Å². The number of hydrogen-bond acceptors (Lipinski definition) is 4. The predicted octanol–water partition coefficient (Wildman–Crippen LogP) is 5.30. The molecular formula is C28H34F3N3O3. The number of fused-ring (bicyclic) bond motifs is 3.